The second kappa shape index (κ2) is 15.5. The minimum absolute atomic E-state index is 1.15. The number of hydrogen-bond donors (Lipinski definition) is 0. The molecule has 0 nitrogen and oxygen atoms in total. The molecule has 0 atom stereocenters. The molecule has 2 aromatic carbocycles. The highest BCUT2D eigenvalue weighted by atomic mass is 14.3. The van der Waals surface area contributed by atoms with Crippen LogP contribution in [0.25, 0.3) is 11.1 Å². The molecule has 0 aliphatic heterocycles. The monoisotopic (exact) mass is 474 g/mol. The third kappa shape index (κ3) is 7.71. The lowest BCUT2D eigenvalue weighted by molar-refractivity contribution is 0.612. The van der Waals surface area contributed by atoms with Crippen LogP contribution in [0.1, 0.15) is 150 Å². The van der Waals surface area contributed by atoms with E-state index in [1.807, 2.05) is 0 Å². The van der Waals surface area contributed by atoms with E-state index >= 15 is 0 Å². The average molecular weight is 475 g/mol. The van der Waals surface area contributed by atoms with Gasteiger partial charge in [-0.1, -0.05) is 122 Å². The van der Waals surface area contributed by atoms with Crippen molar-refractivity contribution in [1.29, 1.82) is 0 Å². The summed E-state index contributed by atoms with van der Waals surface area (Å²) < 4.78 is 0. The van der Waals surface area contributed by atoms with E-state index in [9.17, 15) is 0 Å². The molecular formula is C35H54. The van der Waals surface area contributed by atoms with Gasteiger partial charge in [-0.3, -0.25) is 0 Å². The first-order chi connectivity index (χ1) is 17.2. The molecule has 0 amide bonds. The zero-order valence-corrected chi connectivity index (χ0v) is 23.7. The summed E-state index contributed by atoms with van der Waals surface area (Å²) in [5.41, 5.74) is 13.4. The molecule has 0 heterocycles. The van der Waals surface area contributed by atoms with Crippen molar-refractivity contribution in [2.75, 3.05) is 0 Å². The van der Waals surface area contributed by atoms with Crippen molar-refractivity contribution in [3.63, 3.8) is 0 Å². The van der Waals surface area contributed by atoms with Gasteiger partial charge in [0.2, 0.25) is 0 Å². The molecule has 0 spiro atoms. The first-order valence-electron chi connectivity index (χ1n) is 15.5. The number of hydrogen-bond acceptors (Lipinski definition) is 0. The molecule has 0 heteroatoms. The zero-order valence-electron chi connectivity index (χ0n) is 23.7. The van der Waals surface area contributed by atoms with Crippen LogP contribution in [0.3, 0.4) is 0 Å². The normalized spacial score (nSPS) is 12.2. The summed E-state index contributed by atoms with van der Waals surface area (Å²) in [6.07, 6.45) is 25.7. The smallest absolute Gasteiger partial charge is 0.00106 e. The highest BCUT2D eigenvalue weighted by Gasteiger charge is 2.27. The lowest BCUT2D eigenvalue weighted by Crippen LogP contribution is -2.09. The van der Waals surface area contributed by atoms with E-state index in [1.165, 1.54) is 116 Å². The van der Waals surface area contributed by atoms with Gasteiger partial charge in [-0.15, -0.1) is 0 Å². The topological polar surface area (TPSA) is 0 Å². The van der Waals surface area contributed by atoms with Gasteiger partial charge in [0.1, 0.15) is 0 Å². The molecule has 0 radical (unpaired) electrons. The maximum Gasteiger partial charge on any atom is -0.00106 e. The Labute approximate surface area is 218 Å². The van der Waals surface area contributed by atoms with Crippen LogP contribution in [-0.4, -0.2) is 0 Å². The number of benzene rings is 2. The molecule has 0 unspecified atom stereocenters. The van der Waals surface area contributed by atoms with Gasteiger partial charge in [0.15, 0.2) is 0 Å². The Balaban J connectivity index is 1.94. The highest BCUT2D eigenvalue weighted by Crippen LogP contribution is 2.45. The molecule has 0 bridgehead atoms. The summed E-state index contributed by atoms with van der Waals surface area (Å²) >= 11 is 0. The number of rotatable bonds is 18. The fourth-order valence-electron chi connectivity index (χ4n) is 6.40. The van der Waals surface area contributed by atoms with Gasteiger partial charge in [0, 0.05) is 0 Å². The molecule has 3 rings (SSSR count). The maximum absolute atomic E-state index is 2.47. The Hall–Kier alpha value is -1.56. The Morgan fingerprint density at radius 1 is 0.543 bits per heavy atom. The molecular weight excluding hydrogens is 420 g/mol. The molecule has 0 aromatic heterocycles. The van der Waals surface area contributed by atoms with Gasteiger partial charge in [0.05, 0.1) is 0 Å². The van der Waals surface area contributed by atoms with Gasteiger partial charge >= 0.3 is 0 Å². The molecule has 1 aliphatic carbocycles. The zero-order chi connectivity index (χ0) is 24.9. The summed E-state index contributed by atoms with van der Waals surface area (Å²) in [6.45, 7) is 9.45. The van der Waals surface area contributed by atoms with Crippen molar-refractivity contribution < 1.29 is 0 Å². The van der Waals surface area contributed by atoms with Crippen LogP contribution in [0.4, 0.5) is 0 Å². The first kappa shape index (κ1) is 28.0. The van der Waals surface area contributed by atoms with Crippen molar-refractivity contribution in [2.45, 2.75) is 150 Å². The Bertz CT molecular complexity index is 887. The predicted octanol–water partition coefficient (Wildman–Crippen LogP) is 11.1. The SMILES string of the molecule is CCCCCCCc1c(C)c2c(c(CCCCCCC)c1CCCCCCC)-c1ccccc1C2. The summed E-state index contributed by atoms with van der Waals surface area (Å²) in [7, 11) is 0. The minimum atomic E-state index is 1.15. The molecule has 0 fully saturated rings. The lowest BCUT2D eigenvalue weighted by atomic mass is 9.81. The predicted molar refractivity (Wildman–Crippen MR) is 157 cm³/mol. The summed E-state index contributed by atoms with van der Waals surface area (Å²) in [4.78, 5) is 0. The van der Waals surface area contributed by atoms with E-state index < -0.39 is 0 Å². The largest absolute Gasteiger partial charge is 0.0654 e. The minimum Gasteiger partial charge on any atom is -0.0654 e. The molecule has 1 aliphatic rings. The van der Waals surface area contributed by atoms with Gasteiger partial charge in [-0.25, -0.2) is 0 Å². The fraction of sp³-hybridized carbons (Fsp3) is 0.657. The van der Waals surface area contributed by atoms with Gasteiger partial charge in [-0.05, 0) is 96.4 Å². The summed E-state index contributed by atoms with van der Waals surface area (Å²) in [5, 5.41) is 0. The van der Waals surface area contributed by atoms with Crippen LogP contribution in [0, 0.1) is 6.92 Å². The van der Waals surface area contributed by atoms with Crippen molar-refractivity contribution in [3.8, 4) is 11.1 Å². The number of unbranched alkanes of at least 4 members (excludes halogenated alkanes) is 12. The Morgan fingerprint density at radius 2 is 1.03 bits per heavy atom. The summed E-state index contributed by atoms with van der Waals surface area (Å²) in [5.74, 6) is 0. The van der Waals surface area contributed by atoms with Crippen molar-refractivity contribution >= 4 is 0 Å². The third-order valence-electron chi connectivity index (χ3n) is 8.48. The second-order valence-electron chi connectivity index (χ2n) is 11.2. The molecule has 194 valence electrons. The quantitative estimate of drug-likeness (QED) is 0.161. The highest BCUT2D eigenvalue weighted by molar-refractivity contribution is 5.82. The standard InChI is InChI=1S/C35H54/c1-5-8-11-14-17-23-30-28(4)34-27-29-22-20-21-24-31(29)35(34)33(26-19-16-13-10-7-3)32(30)25-18-15-12-9-6-2/h20-22,24H,5-19,23,25-27H2,1-4H3. The Morgan fingerprint density at radius 3 is 1.60 bits per heavy atom. The maximum atomic E-state index is 2.47. The van der Waals surface area contributed by atoms with Crippen LogP contribution in [0.2, 0.25) is 0 Å². The molecule has 35 heavy (non-hydrogen) atoms. The van der Waals surface area contributed by atoms with Gasteiger partial charge in [0.25, 0.3) is 0 Å². The van der Waals surface area contributed by atoms with E-state index in [1.54, 1.807) is 44.5 Å². The van der Waals surface area contributed by atoms with E-state index in [0.29, 0.717) is 0 Å². The molecule has 0 saturated heterocycles. The first-order valence-corrected chi connectivity index (χ1v) is 15.5. The third-order valence-corrected chi connectivity index (χ3v) is 8.48. The lowest BCUT2D eigenvalue weighted by Gasteiger charge is -2.24. The second-order valence-corrected chi connectivity index (χ2v) is 11.2. The fourth-order valence-corrected chi connectivity index (χ4v) is 6.40. The van der Waals surface area contributed by atoms with Crippen LogP contribution in [0.5, 0.6) is 0 Å². The number of fused-ring (bicyclic) bond motifs is 3. The van der Waals surface area contributed by atoms with Gasteiger partial charge < -0.3 is 0 Å². The molecule has 2 aromatic rings. The van der Waals surface area contributed by atoms with Crippen LogP contribution >= 0.6 is 0 Å². The van der Waals surface area contributed by atoms with Crippen LogP contribution < -0.4 is 0 Å². The van der Waals surface area contributed by atoms with E-state index in [0.717, 1.165) is 6.42 Å². The van der Waals surface area contributed by atoms with Crippen molar-refractivity contribution in [2.24, 2.45) is 0 Å². The van der Waals surface area contributed by atoms with Crippen molar-refractivity contribution in [1.82, 2.24) is 0 Å². The van der Waals surface area contributed by atoms with Gasteiger partial charge in [-0.2, -0.15) is 0 Å². The Kier molecular flexibility index (Phi) is 12.4. The van der Waals surface area contributed by atoms with E-state index in [4.69, 9.17) is 0 Å². The summed E-state index contributed by atoms with van der Waals surface area (Å²) in [6, 6.07) is 9.30. The average Bonchev–Trinajstić information content (AvgIpc) is 3.26. The van der Waals surface area contributed by atoms with E-state index in [2.05, 4.69) is 52.0 Å². The van der Waals surface area contributed by atoms with Crippen LogP contribution in [-0.2, 0) is 25.7 Å². The molecule has 0 N–H and O–H groups in total. The molecule has 0 saturated carbocycles. The van der Waals surface area contributed by atoms with Crippen LogP contribution in [0.15, 0.2) is 24.3 Å². The van der Waals surface area contributed by atoms with E-state index in [-0.39, 0.29) is 0 Å². The van der Waals surface area contributed by atoms with Crippen molar-refractivity contribution in [3.05, 3.63) is 57.6 Å².